The number of benzene rings is 2. The lowest BCUT2D eigenvalue weighted by Gasteiger charge is -2.24. The molecular formula is C24H24N4O. The van der Waals surface area contributed by atoms with Crippen LogP contribution < -0.4 is 9.80 Å². The molecule has 5 nitrogen and oxygen atoms in total. The third kappa shape index (κ3) is 3.27. The van der Waals surface area contributed by atoms with E-state index in [1.165, 1.54) is 5.56 Å². The van der Waals surface area contributed by atoms with E-state index in [9.17, 15) is 4.79 Å². The molecule has 3 aromatic rings. The molecule has 1 aromatic heterocycles. The molecule has 29 heavy (non-hydrogen) atoms. The minimum Gasteiger partial charge on any atom is -0.356 e. The quantitative estimate of drug-likeness (QED) is 0.674. The number of aromatic nitrogens is 2. The van der Waals surface area contributed by atoms with E-state index in [2.05, 4.69) is 17.9 Å². The van der Waals surface area contributed by atoms with Crippen molar-refractivity contribution in [1.82, 2.24) is 9.97 Å². The van der Waals surface area contributed by atoms with E-state index in [1.807, 2.05) is 59.5 Å². The summed E-state index contributed by atoms with van der Waals surface area (Å²) in [7, 11) is 0. The second kappa shape index (κ2) is 7.32. The Balaban J connectivity index is 1.59. The number of rotatable bonds is 3. The number of amides is 1. The maximum Gasteiger partial charge on any atom is 0.277 e. The molecule has 0 saturated carbocycles. The van der Waals surface area contributed by atoms with Crippen molar-refractivity contribution < 1.29 is 4.79 Å². The molecule has 1 saturated heterocycles. The van der Waals surface area contributed by atoms with Crippen molar-refractivity contribution in [2.24, 2.45) is 0 Å². The average molecular weight is 384 g/mol. The van der Waals surface area contributed by atoms with Gasteiger partial charge < -0.3 is 9.80 Å². The summed E-state index contributed by atoms with van der Waals surface area (Å²) < 4.78 is 0. The van der Waals surface area contributed by atoms with E-state index in [0.29, 0.717) is 11.5 Å². The summed E-state index contributed by atoms with van der Waals surface area (Å²) in [6.45, 7) is 4.04. The van der Waals surface area contributed by atoms with Crippen LogP contribution in [0.15, 0.2) is 60.7 Å². The minimum atomic E-state index is -0.0533. The lowest BCUT2D eigenvalue weighted by atomic mass is 10.1. The van der Waals surface area contributed by atoms with Crippen molar-refractivity contribution in [3.8, 4) is 11.4 Å². The standard InChI is InChI=1S/C24H24N4O/c1-17-15-19-11-5-6-12-21(19)28(17)24(29)20-16-22(27-13-7-8-14-27)26-23(25-20)18-9-3-2-4-10-18/h2-6,9-12,16-17H,7-8,13-15H2,1H3. The Morgan fingerprint density at radius 2 is 1.69 bits per heavy atom. The van der Waals surface area contributed by atoms with Gasteiger partial charge in [-0.25, -0.2) is 9.97 Å². The molecule has 5 rings (SSSR count). The molecule has 5 heteroatoms. The molecule has 1 unspecified atom stereocenters. The van der Waals surface area contributed by atoms with Crippen molar-refractivity contribution in [3.05, 3.63) is 71.9 Å². The Bertz CT molecular complexity index is 1040. The number of nitrogens with zero attached hydrogens (tertiary/aromatic N) is 4. The lowest BCUT2D eigenvalue weighted by molar-refractivity contribution is 0.0976. The SMILES string of the molecule is CC1Cc2ccccc2N1C(=O)c1cc(N2CCCC2)nc(-c2ccccc2)n1. The molecule has 146 valence electrons. The number of hydrogen-bond acceptors (Lipinski definition) is 4. The average Bonchev–Trinajstić information content (AvgIpc) is 3.41. The molecule has 2 aliphatic rings. The Kier molecular flexibility index (Phi) is 4.51. The van der Waals surface area contributed by atoms with Crippen LogP contribution in [-0.4, -0.2) is 35.0 Å². The topological polar surface area (TPSA) is 49.3 Å². The van der Waals surface area contributed by atoms with Crippen LogP contribution >= 0.6 is 0 Å². The Hall–Kier alpha value is -3.21. The van der Waals surface area contributed by atoms with Crippen molar-refractivity contribution in [2.45, 2.75) is 32.2 Å². The van der Waals surface area contributed by atoms with Gasteiger partial charge in [0.15, 0.2) is 5.82 Å². The Labute approximate surface area is 171 Å². The monoisotopic (exact) mass is 384 g/mol. The molecule has 2 aromatic carbocycles. The first-order valence-electron chi connectivity index (χ1n) is 10.3. The van der Waals surface area contributed by atoms with Crippen LogP contribution in [-0.2, 0) is 6.42 Å². The highest BCUT2D eigenvalue weighted by Gasteiger charge is 2.32. The predicted octanol–water partition coefficient (Wildman–Crippen LogP) is 4.34. The second-order valence-electron chi connectivity index (χ2n) is 7.85. The molecule has 2 aliphatic heterocycles. The number of carbonyl (C=O) groups is 1. The van der Waals surface area contributed by atoms with Gasteiger partial charge in [0, 0.05) is 36.4 Å². The highest BCUT2D eigenvalue weighted by Crippen LogP contribution is 2.33. The summed E-state index contributed by atoms with van der Waals surface area (Å²) in [6, 6.07) is 20.0. The highest BCUT2D eigenvalue weighted by atomic mass is 16.2. The molecule has 0 radical (unpaired) electrons. The first kappa shape index (κ1) is 17.9. The van der Waals surface area contributed by atoms with Gasteiger partial charge in [-0.1, -0.05) is 48.5 Å². The number of carbonyl (C=O) groups excluding carboxylic acids is 1. The fourth-order valence-corrected chi connectivity index (χ4v) is 4.37. The van der Waals surface area contributed by atoms with Gasteiger partial charge in [-0.05, 0) is 37.8 Å². The van der Waals surface area contributed by atoms with E-state index < -0.39 is 0 Å². The normalized spacial score (nSPS) is 18.2. The first-order valence-corrected chi connectivity index (χ1v) is 10.3. The minimum absolute atomic E-state index is 0.0533. The van der Waals surface area contributed by atoms with Crippen LogP contribution in [0.25, 0.3) is 11.4 Å². The zero-order valence-electron chi connectivity index (χ0n) is 16.6. The third-order valence-electron chi connectivity index (χ3n) is 5.82. The largest absolute Gasteiger partial charge is 0.356 e. The maximum absolute atomic E-state index is 13.6. The second-order valence-corrected chi connectivity index (χ2v) is 7.85. The predicted molar refractivity (Wildman–Crippen MR) is 115 cm³/mol. The molecule has 1 fully saturated rings. The van der Waals surface area contributed by atoms with Gasteiger partial charge >= 0.3 is 0 Å². The van der Waals surface area contributed by atoms with Crippen LogP contribution in [0.4, 0.5) is 11.5 Å². The van der Waals surface area contributed by atoms with E-state index in [0.717, 1.165) is 49.4 Å². The number of para-hydroxylation sites is 1. The lowest BCUT2D eigenvalue weighted by Crippen LogP contribution is -2.36. The van der Waals surface area contributed by atoms with Gasteiger partial charge in [-0.2, -0.15) is 0 Å². The van der Waals surface area contributed by atoms with Crippen LogP contribution in [0.3, 0.4) is 0 Å². The highest BCUT2D eigenvalue weighted by molar-refractivity contribution is 6.07. The summed E-state index contributed by atoms with van der Waals surface area (Å²) in [6.07, 6.45) is 3.19. The zero-order chi connectivity index (χ0) is 19.8. The van der Waals surface area contributed by atoms with Crippen LogP contribution in [0, 0.1) is 0 Å². The van der Waals surface area contributed by atoms with Crippen LogP contribution in [0.2, 0.25) is 0 Å². The van der Waals surface area contributed by atoms with Gasteiger partial charge in [-0.3, -0.25) is 4.79 Å². The molecule has 1 amide bonds. The van der Waals surface area contributed by atoms with E-state index in [4.69, 9.17) is 9.97 Å². The Morgan fingerprint density at radius 1 is 0.966 bits per heavy atom. The Morgan fingerprint density at radius 3 is 2.48 bits per heavy atom. The van der Waals surface area contributed by atoms with Crippen molar-refractivity contribution in [3.63, 3.8) is 0 Å². The summed E-state index contributed by atoms with van der Waals surface area (Å²) in [5, 5.41) is 0. The third-order valence-corrected chi connectivity index (χ3v) is 5.82. The van der Waals surface area contributed by atoms with E-state index in [1.54, 1.807) is 0 Å². The van der Waals surface area contributed by atoms with E-state index in [-0.39, 0.29) is 11.9 Å². The molecule has 0 aliphatic carbocycles. The zero-order valence-corrected chi connectivity index (χ0v) is 16.6. The van der Waals surface area contributed by atoms with Gasteiger partial charge in [0.2, 0.25) is 0 Å². The summed E-state index contributed by atoms with van der Waals surface area (Å²) in [4.78, 5) is 27.2. The smallest absolute Gasteiger partial charge is 0.277 e. The van der Waals surface area contributed by atoms with Crippen molar-refractivity contribution in [2.75, 3.05) is 22.9 Å². The van der Waals surface area contributed by atoms with Crippen molar-refractivity contribution >= 4 is 17.4 Å². The van der Waals surface area contributed by atoms with Gasteiger partial charge in [0.05, 0.1) is 0 Å². The number of anilines is 2. The summed E-state index contributed by atoms with van der Waals surface area (Å²) in [5.41, 5.74) is 3.60. The molecule has 0 N–H and O–H groups in total. The van der Waals surface area contributed by atoms with Crippen molar-refractivity contribution in [1.29, 1.82) is 0 Å². The van der Waals surface area contributed by atoms with E-state index >= 15 is 0 Å². The molecule has 1 atom stereocenters. The summed E-state index contributed by atoms with van der Waals surface area (Å²) >= 11 is 0. The summed E-state index contributed by atoms with van der Waals surface area (Å²) in [5.74, 6) is 1.40. The molecule has 0 spiro atoms. The first-order chi connectivity index (χ1) is 14.2. The van der Waals surface area contributed by atoms with Gasteiger partial charge in [0.1, 0.15) is 11.5 Å². The van der Waals surface area contributed by atoms with Gasteiger partial charge in [-0.15, -0.1) is 0 Å². The fourth-order valence-electron chi connectivity index (χ4n) is 4.37. The number of hydrogen-bond donors (Lipinski definition) is 0. The fraction of sp³-hybridized carbons (Fsp3) is 0.292. The molecule has 0 bridgehead atoms. The maximum atomic E-state index is 13.6. The number of fused-ring (bicyclic) bond motifs is 1. The van der Waals surface area contributed by atoms with Gasteiger partial charge in [0.25, 0.3) is 5.91 Å². The molecule has 3 heterocycles. The molecular weight excluding hydrogens is 360 g/mol. The van der Waals surface area contributed by atoms with Crippen LogP contribution in [0.5, 0.6) is 0 Å². The van der Waals surface area contributed by atoms with Crippen LogP contribution in [0.1, 0.15) is 35.8 Å².